The van der Waals surface area contributed by atoms with E-state index in [1.54, 1.807) is 18.2 Å². The van der Waals surface area contributed by atoms with Gasteiger partial charge in [0.1, 0.15) is 5.69 Å². The zero-order valence-electron chi connectivity index (χ0n) is 14.9. The summed E-state index contributed by atoms with van der Waals surface area (Å²) in [5, 5.41) is 13.8. The van der Waals surface area contributed by atoms with E-state index in [1.807, 2.05) is 36.4 Å². The van der Waals surface area contributed by atoms with Crippen LogP contribution in [0.4, 0.5) is 5.69 Å². The molecule has 0 aliphatic carbocycles. The van der Waals surface area contributed by atoms with Crippen molar-refractivity contribution in [3.05, 3.63) is 70.9 Å². The SMILES string of the molecule is Cl.O=C(Nc1ccc(C2CNCCO2)cc1)c1cc(-c2cccc(Cl)c2)n[nH]1. The summed E-state index contributed by atoms with van der Waals surface area (Å²) in [6, 6.07) is 16.7. The van der Waals surface area contributed by atoms with Gasteiger partial charge in [-0.15, -0.1) is 12.4 Å². The molecule has 1 saturated heterocycles. The molecule has 2 aromatic carbocycles. The molecule has 146 valence electrons. The lowest BCUT2D eigenvalue weighted by atomic mass is 10.1. The molecular weight excluding hydrogens is 399 g/mol. The highest BCUT2D eigenvalue weighted by molar-refractivity contribution is 6.30. The predicted molar refractivity (Wildman–Crippen MR) is 112 cm³/mol. The Bertz CT molecular complexity index is 937. The molecule has 6 nitrogen and oxygen atoms in total. The van der Waals surface area contributed by atoms with E-state index in [9.17, 15) is 4.79 Å². The number of amides is 1. The van der Waals surface area contributed by atoms with Gasteiger partial charge in [-0.25, -0.2) is 0 Å². The first-order valence-corrected chi connectivity index (χ1v) is 9.12. The number of hydrogen-bond donors (Lipinski definition) is 3. The summed E-state index contributed by atoms with van der Waals surface area (Å²) in [5.74, 6) is -0.251. The van der Waals surface area contributed by atoms with Crippen molar-refractivity contribution in [1.29, 1.82) is 0 Å². The molecular formula is C20H20Cl2N4O2. The summed E-state index contributed by atoms with van der Waals surface area (Å²) in [7, 11) is 0. The number of ether oxygens (including phenoxy) is 1. The Labute approximate surface area is 174 Å². The lowest BCUT2D eigenvalue weighted by Crippen LogP contribution is -2.33. The molecule has 0 spiro atoms. The number of carbonyl (C=O) groups excluding carboxylic acids is 1. The van der Waals surface area contributed by atoms with Crippen molar-refractivity contribution >= 4 is 35.6 Å². The number of aromatic amines is 1. The number of anilines is 1. The number of carbonyl (C=O) groups is 1. The van der Waals surface area contributed by atoms with Crippen molar-refractivity contribution in [3.63, 3.8) is 0 Å². The molecule has 0 bridgehead atoms. The minimum absolute atomic E-state index is 0. The van der Waals surface area contributed by atoms with Crippen LogP contribution in [-0.4, -0.2) is 35.8 Å². The first-order chi connectivity index (χ1) is 13.2. The third-order valence-electron chi connectivity index (χ3n) is 4.41. The highest BCUT2D eigenvalue weighted by Gasteiger charge is 2.16. The molecule has 0 saturated carbocycles. The number of benzene rings is 2. The van der Waals surface area contributed by atoms with Crippen LogP contribution in [0.15, 0.2) is 54.6 Å². The first-order valence-electron chi connectivity index (χ1n) is 8.74. The molecule has 4 rings (SSSR count). The molecule has 1 fully saturated rings. The van der Waals surface area contributed by atoms with E-state index in [4.69, 9.17) is 16.3 Å². The second kappa shape index (κ2) is 9.21. The fourth-order valence-corrected chi connectivity index (χ4v) is 3.18. The van der Waals surface area contributed by atoms with Gasteiger partial charge in [-0.3, -0.25) is 9.89 Å². The summed E-state index contributed by atoms with van der Waals surface area (Å²) >= 11 is 6.01. The summed E-state index contributed by atoms with van der Waals surface area (Å²) in [4.78, 5) is 12.5. The number of hydrogen-bond acceptors (Lipinski definition) is 4. The van der Waals surface area contributed by atoms with Gasteiger partial charge in [0.2, 0.25) is 0 Å². The van der Waals surface area contributed by atoms with E-state index >= 15 is 0 Å². The summed E-state index contributed by atoms with van der Waals surface area (Å²) in [6.07, 6.45) is 0.0522. The van der Waals surface area contributed by atoms with E-state index in [0.717, 1.165) is 24.2 Å². The third kappa shape index (κ3) is 4.72. The average molecular weight is 419 g/mol. The molecule has 2 heterocycles. The van der Waals surface area contributed by atoms with Crippen molar-refractivity contribution in [2.45, 2.75) is 6.10 Å². The normalized spacial score (nSPS) is 16.2. The van der Waals surface area contributed by atoms with Crippen LogP contribution in [0.2, 0.25) is 5.02 Å². The molecule has 3 aromatic rings. The maximum Gasteiger partial charge on any atom is 0.273 e. The van der Waals surface area contributed by atoms with Gasteiger partial charge in [0.25, 0.3) is 5.91 Å². The molecule has 1 amide bonds. The number of rotatable bonds is 4. The molecule has 1 aromatic heterocycles. The van der Waals surface area contributed by atoms with Crippen LogP contribution >= 0.6 is 24.0 Å². The van der Waals surface area contributed by atoms with E-state index in [2.05, 4.69) is 20.8 Å². The Balaban J connectivity index is 0.00000225. The van der Waals surface area contributed by atoms with Gasteiger partial charge in [0, 0.05) is 29.4 Å². The number of H-pyrrole nitrogens is 1. The molecule has 3 N–H and O–H groups in total. The molecule has 1 aliphatic rings. The van der Waals surface area contributed by atoms with Crippen LogP contribution in [0.25, 0.3) is 11.3 Å². The van der Waals surface area contributed by atoms with Crippen molar-refractivity contribution in [2.24, 2.45) is 0 Å². The van der Waals surface area contributed by atoms with Crippen molar-refractivity contribution in [2.75, 3.05) is 25.0 Å². The largest absolute Gasteiger partial charge is 0.371 e. The smallest absolute Gasteiger partial charge is 0.273 e. The highest BCUT2D eigenvalue weighted by atomic mass is 35.5. The molecule has 8 heteroatoms. The Morgan fingerprint density at radius 2 is 2.00 bits per heavy atom. The lowest BCUT2D eigenvalue weighted by Gasteiger charge is -2.24. The number of halogens is 2. The van der Waals surface area contributed by atoms with Gasteiger partial charge in [0.05, 0.1) is 18.4 Å². The van der Waals surface area contributed by atoms with E-state index in [-0.39, 0.29) is 24.4 Å². The number of nitrogens with one attached hydrogen (secondary N) is 3. The van der Waals surface area contributed by atoms with Gasteiger partial charge in [-0.05, 0) is 35.9 Å². The van der Waals surface area contributed by atoms with Crippen LogP contribution in [-0.2, 0) is 4.74 Å². The van der Waals surface area contributed by atoms with Gasteiger partial charge < -0.3 is 15.4 Å². The van der Waals surface area contributed by atoms with Crippen LogP contribution < -0.4 is 10.6 Å². The van der Waals surface area contributed by atoms with Crippen molar-refractivity contribution < 1.29 is 9.53 Å². The highest BCUT2D eigenvalue weighted by Crippen LogP contribution is 2.23. The number of morpholine rings is 1. The van der Waals surface area contributed by atoms with Crippen LogP contribution in [0, 0.1) is 0 Å². The standard InChI is InChI=1S/C20H19ClN4O2.ClH/c21-15-3-1-2-14(10-15)17-11-18(25-24-17)20(26)23-16-6-4-13(5-7-16)19-12-22-8-9-27-19;/h1-7,10-11,19,22H,8-9,12H2,(H,23,26)(H,24,25);1H. The van der Waals surface area contributed by atoms with Gasteiger partial charge in [-0.1, -0.05) is 35.9 Å². The number of nitrogens with zero attached hydrogens (tertiary/aromatic N) is 1. The monoisotopic (exact) mass is 418 g/mol. The van der Waals surface area contributed by atoms with Crippen LogP contribution in [0.1, 0.15) is 22.2 Å². The molecule has 1 atom stereocenters. The summed E-state index contributed by atoms with van der Waals surface area (Å²) in [6.45, 7) is 2.38. The fraction of sp³-hybridized carbons (Fsp3) is 0.200. The second-order valence-corrected chi connectivity index (χ2v) is 6.75. The zero-order valence-corrected chi connectivity index (χ0v) is 16.5. The number of aromatic nitrogens is 2. The minimum atomic E-state index is -0.251. The van der Waals surface area contributed by atoms with Gasteiger partial charge >= 0.3 is 0 Å². The van der Waals surface area contributed by atoms with Crippen molar-refractivity contribution in [3.8, 4) is 11.3 Å². The fourth-order valence-electron chi connectivity index (χ4n) is 2.99. The third-order valence-corrected chi connectivity index (χ3v) is 4.65. The maximum atomic E-state index is 12.5. The van der Waals surface area contributed by atoms with Gasteiger partial charge in [0.15, 0.2) is 0 Å². The summed E-state index contributed by atoms with van der Waals surface area (Å²) in [5.41, 5.74) is 3.70. The summed E-state index contributed by atoms with van der Waals surface area (Å²) < 4.78 is 5.73. The van der Waals surface area contributed by atoms with Crippen LogP contribution in [0.3, 0.4) is 0 Å². The maximum absolute atomic E-state index is 12.5. The van der Waals surface area contributed by atoms with E-state index in [1.165, 1.54) is 0 Å². The Kier molecular flexibility index (Phi) is 6.70. The lowest BCUT2D eigenvalue weighted by molar-refractivity contribution is 0.0277. The van der Waals surface area contributed by atoms with Crippen LogP contribution in [0.5, 0.6) is 0 Å². The Morgan fingerprint density at radius 1 is 1.18 bits per heavy atom. The molecule has 1 aliphatic heterocycles. The van der Waals surface area contributed by atoms with Crippen molar-refractivity contribution in [1.82, 2.24) is 15.5 Å². The predicted octanol–water partition coefficient (Wildman–Crippen LogP) is 4.07. The molecule has 0 radical (unpaired) electrons. The van der Waals surface area contributed by atoms with E-state index in [0.29, 0.717) is 28.7 Å². The zero-order chi connectivity index (χ0) is 18.6. The quantitative estimate of drug-likeness (QED) is 0.596. The Hall–Kier alpha value is -2.38. The van der Waals surface area contributed by atoms with E-state index < -0.39 is 0 Å². The average Bonchev–Trinajstić information content (AvgIpc) is 3.20. The molecule has 1 unspecified atom stereocenters. The minimum Gasteiger partial charge on any atom is -0.371 e. The topological polar surface area (TPSA) is 79.0 Å². The Morgan fingerprint density at radius 3 is 2.71 bits per heavy atom. The second-order valence-electron chi connectivity index (χ2n) is 6.32. The molecule has 28 heavy (non-hydrogen) atoms. The first kappa shape index (κ1) is 20.4. The van der Waals surface area contributed by atoms with Gasteiger partial charge in [-0.2, -0.15) is 5.10 Å².